The topological polar surface area (TPSA) is 307 Å². The molecule has 5 saturated carbocycles. The number of aliphatic hydroxyl groups excluding tert-OH is 12. The molecule has 0 amide bonds. The van der Waals surface area contributed by atoms with Gasteiger partial charge in [0.25, 0.3) is 0 Å². The molecule has 0 aromatic heterocycles. The number of fused-ring (bicyclic) bond motifs is 2. The molecule has 9 fully saturated rings. The molecule has 4 saturated heterocycles. The number of aliphatic hydroxyl groups is 12. The van der Waals surface area contributed by atoms with Gasteiger partial charge in [-0.25, -0.2) is 0 Å². The first-order valence-corrected chi connectivity index (χ1v) is 24.4. The zero-order valence-corrected chi connectivity index (χ0v) is 39.3. The first-order chi connectivity index (χ1) is 30.8. The van der Waals surface area contributed by atoms with Crippen molar-refractivity contribution in [2.24, 2.45) is 44.8 Å². The van der Waals surface area contributed by atoms with Crippen molar-refractivity contribution in [1.29, 1.82) is 0 Å². The summed E-state index contributed by atoms with van der Waals surface area (Å²) in [5.41, 5.74) is -3.59. The Morgan fingerprint density at radius 3 is 1.76 bits per heavy atom. The van der Waals surface area contributed by atoms with Crippen molar-refractivity contribution in [3.8, 4) is 0 Å². The summed E-state index contributed by atoms with van der Waals surface area (Å²) in [6, 6.07) is 0. The van der Waals surface area contributed by atoms with Gasteiger partial charge in [-0.15, -0.1) is 0 Å². The Hall–Kier alpha value is -0.760. The molecule has 2 spiro atoms. The van der Waals surface area contributed by atoms with Crippen molar-refractivity contribution in [2.45, 2.75) is 228 Å². The molecule has 12 N–H and O–H groups in total. The van der Waals surface area contributed by atoms with Gasteiger partial charge in [0.15, 0.2) is 18.9 Å². The van der Waals surface area contributed by atoms with E-state index in [2.05, 4.69) is 34.6 Å². The van der Waals surface area contributed by atoms with Gasteiger partial charge < -0.3 is 94.4 Å². The van der Waals surface area contributed by atoms with Crippen molar-refractivity contribution in [1.82, 2.24) is 0 Å². The zero-order chi connectivity index (χ0) is 48.1. The highest BCUT2D eigenvalue weighted by Crippen LogP contribution is 2.89. The van der Waals surface area contributed by atoms with Gasteiger partial charge in [-0.05, 0) is 117 Å². The second-order valence-electron chi connectivity index (χ2n) is 23.8. The van der Waals surface area contributed by atoms with E-state index < -0.39 is 151 Å². The third-order valence-corrected chi connectivity index (χ3v) is 19.8. The van der Waals surface area contributed by atoms with Crippen molar-refractivity contribution in [2.75, 3.05) is 19.8 Å². The standard InChI is InChI=1S/C47H78O19/c1-41(2)27(64-40-35(28(53)21(51)18-60-40)65-39-34(59)32(57)30(55)24(17-49)63-39)9-11-47-19-46(47)13-12-43(5)36(45(7)10-8-26(52)42(3,4)66-45)20(50)15-44(43,6)25(46)14-22(37(41)47)61-38-33(58)31(56)29(54)23(16-48)62-38/h20-40,48-59H,8-19H2,1-7H3. The van der Waals surface area contributed by atoms with E-state index in [1.165, 1.54) is 0 Å². The van der Waals surface area contributed by atoms with Gasteiger partial charge in [-0.1, -0.05) is 27.7 Å². The predicted octanol–water partition coefficient (Wildman–Crippen LogP) is -1.45. The molecule has 380 valence electrons. The number of rotatable bonds is 9. The second kappa shape index (κ2) is 16.9. The van der Waals surface area contributed by atoms with Crippen LogP contribution in [0.1, 0.15) is 106 Å². The van der Waals surface area contributed by atoms with Crippen molar-refractivity contribution in [3.63, 3.8) is 0 Å². The average molecular weight is 947 g/mol. The monoisotopic (exact) mass is 947 g/mol. The number of ether oxygens (including phenoxy) is 7. The molecular weight excluding hydrogens is 868 g/mol. The highest BCUT2D eigenvalue weighted by Gasteiger charge is 2.85. The van der Waals surface area contributed by atoms with Crippen molar-refractivity contribution in [3.05, 3.63) is 0 Å². The molecule has 4 heterocycles. The van der Waals surface area contributed by atoms with Gasteiger partial charge in [-0.2, -0.15) is 0 Å². The minimum absolute atomic E-state index is 0.0169. The minimum atomic E-state index is -1.80. The van der Waals surface area contributed by atoms with E-state index in [0.717, 1.165) is 19.3 Å². The highest BCUT2D eigenvalue weighted by atomic mass is 16.8. The molecule has 0 aromatic carbocycles. The van der Waals surface area contributed by atoms with Crippen molar-refractivity contribution < 1.29 is 94.4 Å². The van der Waals surface area contributed by atoms with Gasteiger partial charge in [0, 0.05) is 5.92 Å². The number of hydrogen-bond donors (Lipinski definition) is 12. The molecule has 26 atom stereocenters. The van der Waals surface area contributed by atoms with E-state index >= 15 is 0 Å². The molecule has 0 radical (unpaired) electrons. The van der Waals surface area contributed by atoms with Crippen LogP contribution in [0.25, 0.3) is 0 Å². The summed E-state index contributed by atoms with van der Waals surface area (Å²) in [6.07, 6.45) is -18.1. The molecule has 9 rings (SSSR count). The molecular formula is C47H78O19. The fraction of sp³-hybridized carbons (Fsp3) is 1.00. The lowest BCUT2D eigenvalue weighted by Gasteiger charge is -2.66. The maximum absolute atomic E-state index is 12.4. The molecule has 19 heteroatoms. The quantitative estimate of drug-likeness (QED) is 0.118. The maximum atomic E-state index is 12.4. The fourth-order valence-electron chi connectivity index (χ4n) is 16.5. The summed E-state index contributed by atoms with van der Waals surface area (Å²) >= 11 is 0. The Bertz CT molecular complexity index is 1770. The Morgan fingerprint density at radius 1 is 0.561 bits per heavy atom. The Labute approximate surface area is 386 Å². The summed E-state index contributed by atoms with van der Waals surface area (Å²) < 4.78 is 44.3. The third kappa shape index (κ3) is 7.22. The predicted molar refractivity (Wildman–Crippen MR) is 226 cm³/mol. The van der Waals surface area contributed by atoms with Crippen LogP contribution in [0.5, 0.6) is 0 Å². The molecule has 0 aromatic rings. The first-order valence-electron chi connectivity index (χ1n) is 24.4. The fourth-order valence-corrected chi connectivity index (χ4v) is 16.5. The molecule has 19 nitrogen and oxygen atoms in total. The van der Waals surface area contributed by atoms with Crippen LogP contribution in [0, 0.1) is 44.8 Å². The molecule has 0 bridgehead atoms. The maximum Gasteiger partial charge on any atom is 0.187 e. The Morgan fingerprint density at radius 2 is 1.17 bits per heavy atom. The zero-order valence-electron chi connectivity index (χ0n) is 39.3. The average Bonchev–Trinajstić information content (AvgIpc) is 3.85. The van der Waals surface area contributed by atoms with E-state index in [1.54, 1.807) is 0 Å². The third-order valence-electron chi connectivity index (χ3n) is 19.8. The molecule has 9 aliphatic rings. The van der Waals surface area contributed by atoms with Crippen LogP contribution < -0.4 is 0 Å². The smallest absolute Gasteiger partial charge is 0.187 e. The van der Waals surface area contributed by atoms with Crippen LogP contribution in [0.4, 0.5) is 0 Å². The van der Waals surface area contributed by atoms with E-state index in [4.69, 9.17) is 33.2 Å². The number of hydrogen-bond acceptors (Lipinski definition) is 19. The lowest BCUT2D eigenvalue weighted by atomic mass is 9.41. The molecule has 4 aliphatic heterocycles. The van der Waals surface area contributed by atoms with Gasteiger partial charge in [0.2, 0.25) is 0 Å². The van der Waals surface area contributed by atoms with Crippen LogP contribution in [0.3, 0.4) is 0 Å². The van der Waals surface area contributed by atoms with E-state index in [-0.39, 0.29) is 35.2 Å². The van der Waals surface area contributed by atoms with Crippen LogP contribution in [-0.2, 0) is 33.2 Å². The van der Waals surface area contributed by atoms with Crippen LogP contribution in [0.15, 0.2) is 0 Å². The SMILES string of the molecule is CC1(C)OC(C)(C2C(O)CC3(C)C4CC(OC5OC(CO)C(O)C(O)C5O)C5C(C)(C)C(OC6OCC(O)C(O)C6OC6OC(CO)C(O)C(O)C6O)CCC56CC46CCC23C)CCC1O. The summed E-state index contributed by atoms with van der Waals surface area (Å²) in [5, 5.41) is 130. The normalized spacial score (nSPS) is 58.7. The van der Waals surface area contributed by atoms with Crippen molar-refractivity contribution >= 4 is 0 Å². The van der Waals surface area contributed by atoms with E-state index in [1.807, 2.05) is 13.8 Å². The van der Waals surface area contributed by atoms with Crippen LogP contribution in [0.2, 0.25) is 0 Å². The van der Waals surface area contributed by atoms with E-state index in [0.29, 0.717) is 38.5 Å². The second-order valence-corrected chi connectivity index (χ2v) is 23.8. The summed E-state index contributed by atoms with van der Waals surface area (Å²) in [4.78, 5) is 0. The van der Waals surface area contributed by atoms with Gasteiger partial charge in [0.1, 0.15) is 67.1 Å². The first kappa shape index (κ1) is 50.2. The lowest BCUT2D eigenvalue weighted by Crippen LogP contribution is -2.66. The van der Waals surface area contributed by atoms with Gasteiger partial charge >= 0.3 is 0 Å². The Balaban J connectivity index is 1.05. The minimum Gasteiger partial charge on any atom is -0.394 e. The summed E-state index contributed by atoms with van der Waals surface area (Å²) in [6.45, 7) is 13.0. The van der Waals surface area contributed by atoms with Crippen LogP contribution in [-0.4, -0.2) is 203 Å². The summed E-state index contributed by atoms with van der Waals surface area (Å²) in [5.74, 6) is -0.504. The van der Waals surface area contributed by atoms with E-state index in [9.17, 15) is 61.3 Å². The Kier molecular flexibility index (Phi) is 12.9. The summed E-state index contributed by atoms with van der Waals surface area (Å²) in [7, 11) is 0. The molecule has 5 aliphatic carbocycles. The molecule has 66 heavy (non-hydrogen) atoms. The molecule has 26 unspecified atom stereocenters. The van der Waals surface area contributed by atoms with Crippen LogP contribution >= 0.6 is 0 Å². The van der Waals surface area contributed by atoms with Gasteiger partial charge in [0.05, 0.1) is 55.4 Å². The van der Waals surface area contributed by atoms with Gasteiger partial charge in [-0.3, -0.25) is 0 Å². The lowest BCUT2D eigenvalue weighted by molar-refractivity contribution is -0.369. The largest absolute Gasteiger partial charge is 0.394 e. The highest BCUT2D eigenvalue weighted by molar-refractivity contribution is 5.33.